The summed E-state index contributed by atoms with van der Waals surface area (Å²) in [5.41, 5.74) is 4.90. The van der Waals surface area contributed by atoms with Crippen LogP contribution in [0.25, 0.3) is 11.3 Å². The first-order valence-corrected chi connectivity index (χ1v) is 12.7. The number of thiazole rings is 1. The maximum atomic E-state index is 6.53. The fourth-order valence-electron chi connectivity index (χ4n) is 3.83. The van der Waals surface area contributed by atoms with Crippen LogP contribution in [0.3, 0.4) is 0 Å². The van der Waals surface area contributed by atoms with Crippen molar-refractivity contribution in [2.75, 3.05) is 11.9 Å². The van der Waals surface area contributed by atoms with E-state index >= 15 is 0 Å². The van der Waals surface area contributed by atoms with E-state index in [1.165, 1.54) is 11.1 Å². The molecule has 0 fully saturated rings. The normalized spacial score (nSPS) is 12.5. The van der Waals surface area contributed by atoms with Crippen molar-refractivity contribution in [3.05, 3.63) is 96.3 Å². The number of fused-ring (bicyclic) bond motifs is 1. The third-order valence-corrected chi connectivity index (χ3v) is 7.75. The number of aromatic nitrogens is 1. The molecule has 2 heterocycles. The molecule has 168 valence electrons. The largest absolute Gasteiger partial charge is 0.493 e. The Labute approximate surface area is 216 Å². The van der Waals surface area contributed by atoms with Gasteiger partial charge in [0.15, 0.2) is 5.13 Å². The van der Waals surface area contributed by atoms with Crippen LogP contribution in [0.1, 0.15) is 21.6 Å². The van der Waals surface area contributed by atoms with E-state index in [4.69, 9.17) is 56.1 Å². The molecule has 0 radical (unpaired) electrons. The van der Waals surface area contributed by atoms with E-state index in [-0.39, 0.29) is 0 Å². The Morgan fingerprint density at radius 3 is 2.55 bits per heavy atom. The minimum Gasteiger partial charge on any atom is -0.493 e. The van der Waals surface area contributed by atoms with Crippen LogP contribution in [-0.4, -0.2) is 11.6 Å². The van der Waals surface area contributed by atoms with Gasteiger partial charge in [0, 0.05) is 44.9 Å². The molecule has 0 bridgehead atoms. The summed E-state index contributed by atoms with van der Waals surface area (Å²) in [4.78, 5) is 5.90. The zero-order chi connectivity index (χ0) is 22.9. The van der Waals surface area contributed by atoms with Crippen LogP contribution >= 0.6 is 57.7 Å². The van der Waals surface area contributed by atoms with Crippen LogP contribution in [0.2, 0.25) is 20.1 Å². The molecule has 1 aliphatic rings. The molecule has 33 heavy (non-hydrogen) atoms. The van der Waals surface area contributed by atoms with Gasteiger partial charge in [0.25, 0.3) is 0 Å². The molecule has 0 atom stereocenters. The van der Waals surface area contributed by atoms with Crippen LogP contribution in [0.15, 0.2) is 54.6 Å². The number of nitrogens with zero attached hydrogens (tertiary/aromatic N) is 1. The average molecular weight is 536 g/mol. The van der Waals surface area contributed by atoms with Gasteiger partial charge < -0.3 is 10.1 Å². The SMILES string of the molecule is Clc1ccc(-c2nc(NCc3ccc4c(c3)CCO4)sc2Cc2c(Cl)cccc2Cl)c(Cl)c1. The van der Waals surface area contributed by atoms with E-state index < -0.39 is 0 Å². The number of anilines is 1. The topological polar surface area (TPSA) is 34.2 Å². The second kappa shape index (κ2) is 9.73. The van der Waals surface area contributed by atoms with Crippen LogP contribution in [0, 0.1) is 0 Å². The van der Waals surface area contributed by atoms with Crippen molar-refractivity contribution in [3.63, 3.8) is 0 Å². The molecule has 3 aromatic carbocycles. The van der Waals surface area contributed by atoms with Crippen molar-refractivity contribution >= 4 is 62.9 Å². The molecule has 0 saturated heterocycles. The summed E-state index contributed by atoms with van der Waals surface area (Å²) in [5, 5.41) is 6.63. The van der Waals surface area contributed by atoms with Gasteiger partial charge in [-0.3, -0.25) is 0 Å². The van der Waals surface area contributed by atoms with Crippen molar-refractivity contribution in [2.24, 2.45) is 0 Å². The van der Waals surface area contributed by atoms with Gasteiger partial charge in [-0.15, -0.1) is 11.3 Å². The van der Waals surface area contributed by atoms with Crippen molar-refractivity contribution in [2.45, 2.75) is 19.4 Å². The van der Waals surface area contributed by atoms with Gasteiger partial charge in [-0.05, 0) is 53.1 Å². The first-order valence-electron chi connectivity index (χ1n) is 10.3. The zero-order valence-corrected chi connectivity index (χ0v) is 21.1. The molecule has 3 nitrogen and oxygen atoms in total. The highest BCUT2D eigenvalue weighted by atomic mass is 35.5. The van der Waals surface area contributed by atoms with E-state index in [2.05, 4.69) is 17.4 Å². The first-order chi connectivity index (χ1) is 16.0. The predicted octanol–water partition coefficient (Wildman–Crippen LogP) is 8.56. The first kappa shape index (κ1) is 22.8. The van der Waals surface area contributed by atoms with Gasteiger partial charge in [0.05, 0.1) is 17.3 Å². The van der Waals surface area contributed by atoms with Crippen LogP contribution in [0.5, 0.6) is 5.75 Å². The fraction of sp³-hybridized carbons (Fsp3) is 0.160. The molecule has 0 amide bonds. The highest BCUT2D eigenvalue weighted by Gasteiger charge is 2.19. The minimum absolute atomic E-state index is 0.544. The third-order valence-electron chi connectivity index (χ3n) is 5.48. The zero-order valence-electron chi connectivity index (χ0n) is 17.3. The Balaban J connectivity index is 1.47. The quantitative estimate of drug-likeness (QED) is 0.268. The molecule has 0 saturated carbocycles. The lowest BCUT2D eigenvalue weighted by Crippen LogP contribution is -1.99. The Bertz CT molecular complexity index is 1320. The van der Waals surface area contributed by atoms with Crippen LogP contribution in [-0.2, 0) is 19.4 Å². The van der Waals surface area contributed by atoms with Gasteiger partial charge in [-0.2, -0.15) is 0 Å². The highest BCUT2D eigenvalue weighted by molar-refractivity contribution is 7.16. The van der Waals surface area contributed by atoms with Crippen LogP contribution in [0.4, 0.5) is 5.13 Å². The Morgan fingerprint density at radius 2 is 1.76 bits per heavy atom. The van der Waals surface area contributed by atoms with Gasteiger partial charge >= 0.3 is 0 Å². The standard InChI is InChI=1S/C25H18Cl4N2OS/c26-16-5-6-17(21(29)11-16)24-23(12-18-19(27)2-1-3-20(18)28)33-25(31-24)30-13-14-4-7-22-15(10-14)8-9-32-22/h1-7,10-11H,8-9,12-13H2,(H,30,31). The predicted molar refractivity (Wildman–Crippen MR) is 140 cm³/mol. The van der Waals surface area contributed by atoms with E-state index in [1.807, 2.05) is 36.4 Å². The third kappa shape index (κ3) is 4.96. The number of ether oxygens (including phenoxy) is 1. The summed E-state index contributed by atoms with van der Waals surface area (Å²) in [7, 11) is 0. The summed E-state index contributed by atoms with van der Waals surface area (Å²) >= 11 is 27.1. The number of rotatable bonds is 6. The minimum atomic E-state index is 0.544. The summed E-state index contributed by atoms with van der Waals surface area (Å²) in [6.45, 7) is 1.40. The van der Waals surface area contributed by atoms with Crippen molar-refractivity contribution in [1.82, 2.24) is 4.98 Å². The second-order valence-electron chi connectivity index (χ2n) is 7.69. The number of hydrogen-bond acceptors (Lipinski definition) is 4. The molecule has 1 aliphatic heterocycles. The maximum absolute atomic E-state index is 6.53. The Morgan fingerprint density at radius 1 is 0.939 bits per heavy atom. The van der Waals surface area contributed by atoms with Crippen LogP contribution < -0.4 is 10.1 Å². The molecule has 0 spiro atoms. The summed E-state index contributed by atoms with van der Waals surface area (Å²) in [5.74, 6) is 0.978. The lowest BCUT2D eigenvalue weighted by Gasteiger charge is -2.08. The molecular weight excluding hydrogens is 518 g/mol. The second-order valence-corrected chi connectivity index (χ2v) is 10.4. The van der Waals surface area contributed by atoms with Crippen molar-refractivity contribution < 1.29 is 4.74 Å². The van der Waals surface area contributed by atoms with E-state index in [9.17, 15) is 0 Å². The van der Waals surface area contributed by atoms with E-state index in [1.54, 1.807) is 17.4 Å². The molecular formula is C25H18Cl4N2OS. The van der Waals surface area contributed by atoms with Gasteiger partial charge in [0.2, 0.25) is 0 Å². The molecule has 0 aliphatic carbocycles. The number of benzene rings is 3. The maximum Gasteiger partial charge on any atom is 0.183 e. The molecule has 5 rings (SSSR count). The van der Waals surface area contributed by atoms with E-state index in [0.717, 1.165) is 45.6 Å². The number of nitrogens with one attached hydrogen (secondary N) is 1. The Hall–Kier alpha value is -1.95. The van der Waals surface area contributed by atoms with Gasteiger partial charge in [-0.1, -0.05) is 64.6 Å². The monoisotopic (exact) mass is 534 g/mol. The van der Waals surface area contributed by atoms with E-state index in [0.29, 0.717) is 33.1 Å². The fourth-order valence-corrected chi connectivity index (χ4v) is 5.84. The van der Waals surface area contributed by atoms with Gasteiger partial charge in [-0.25, -0.2) is 4.98 Å². The molecule has 1 N–H and O–H groups in total. The summed E-state index contributed by atoms with van der Waals surface area (Å²) in [6.07, 6.45) is 1.49. The number of halogens is 4. The summed E-state index contributed by atoms with van der Waals surface area (Å²) < 4.78 is 5.61. The van der Waals surface area contributed by atoms with Crippen molar-refractivity contribution in [1.29, 1.82) is 0 Å². The summed E-state index contributed by atoms with van der Waals surface area (Å²) in [6, 6.07) is 17.2. The highest BCUT2D eigenvalue weighted by Crippen LogP contribution is 2.39. The smallest absolute Gasteiger partial charge is 0.183 e. The van der Waals surface area contributed by atoms with Gasteiger partial charge in [0.1, 0.15) is 5.75 Å². The molecule has 1 aromatic heterocycles. The molecule has 8 heteroatoms. The number of hydrogen-bond donors (Lipinski definition) is 1. The lowest BCUT2D eigenvalue weighted by atomic mass is 10.1. The molecule has 0 unspecified atom stereocenters. The lowest BCUT2D eigenvalue weighted by molar-refractivity contribution is 0.357. The average Bonchev–Trinajstić information content (AvgIpc) is 3.41. The molecule has 4 aromatic rings. The van der Waals surface area contributed by atoms with Crippen molar-refractivity contribution in [3.8, 4) is 17.0 Å². The Kier molecular flexibility index (Phi) is 6.73.